The zero-order chi connectivity index (χ0) is 14.7. The maximum atomic E-state index is 10.5. The van der Waals surface area contributed by atoms with Gasteiger partial charge in [0.15, 0.2) is 0 Å². The smallest absolute Gasteiger partial charge is 0.0738 e. The van der Waals surface area contributed by atoms with Crippen LogP contribution in [0.4, 0.5) is 0 Å². The van der Waals surface area contributed by atoms with E-state index in [1.807, 2.05) is 18.7 Å². The molecule has 1 heterocycles. The molecule has 114 valence electrons. The number of hydrogen-bond acceptors (Lipinski definition) is 2. The summed E-state index contributed by atoms with van der Waals surface area (Å²) in [5.74, 6) is 1.36. The van der Waals surface area contributed by atoms with Crippen molar-refractivity contribution in [2.75, 3.05) is 0 Å². The van der Waals surface area contributed by atoms with E-state index in [-0.39, 0.29) is 6.10 Å². The van der Waals surface area contributed by atoms with Crippen molar-refractivity contribution >= 4 is 15.9 Å². The molecular weight excluding hydrogens is 316 g/mol. The Morgan fingerprint density at radius 2 is 2.00 bits per heavy atom. The number of nitrogens with zero attached hydrogens (tertiary/aromatic N) is 2. The summed E-state index contributed by atoms with van der Waals surface area (Å²) in [7, 11) is 1.96. The highest BCUT2D eigenvalue weighted by atomic mass is 79.9. The third-order valence-corrected chi connectivity index (χ3v) is 5.83. The maximum absolute atomic E-state index is 10.5. The summed E-state index contributed by atoms with van der Waals surface area (Å²) >= 11 is 3.59. The molecule has 4 heteroatoms. The predicted molar refractivity (Wildman–Crippen MR) is 85.7 cm³/mol. The summed E-state index contributed by atoms with van der Waals surface area (Å²) in [6.07, 6.45) is 8.07. The van der Waals surface area contributed by atoms with E-state index in [0.717, 1.165) is 21.8 Å². The van der Waals surface area contributed by atoms with Gasteiger partial charge in [0.05, 0.1) is 22.0 Å². The van der Waals surface area contributed by atoms with Gasteiger partial charge < -0.3 is 5.11 Å². The molecule has 0 amide bonds. The van der Waals surface area contributed by atoms with Gasteiger partial charge in [-0.15, -0.1) is 0 Å². The van der Waals surface area contributed by atoms with Gasteiger partial charge in [-0.05, 0) is 47.5 Å². The molecule has 1 aromatic rings. The third kappa shape index (κ3) is 3.64. The maximum Gasteiger partial charge on any atom is 0.0738 e. The number of aliphatic hydroxyl groups is 1. The second kappa shape index (κ2) is 7.08. The minimum absolute atomic E-state index is 0.233. The number of aliphatic hydroxyl groups excluding tert-OH is 1. The topological polar surface area (TPSA) is 38.1 Å². The molecule has 1 fully saturated rings. The van der Waals surface area contributed by atoms with Gasteiger partial charge in [-0.3, -0.25) is 4.68 Å². The highest BCUT2D eigenvalue weighted by Crippen LogP contribution is 2.34. The van der Waals surface area contributed by atoms with Crippen LogP contribution in [0.25, 0.3) is 0 Å². The standard InChI is InChI=1S/C16H27BrN2O/c1-4-5-12-6-8-13(9-7-12)15(20)10-14-16(17)11(2)18-19(14)3/h12-13,15,20H,4-10H2,1-3H3. The average Bonchev–Trinajstić information content (AvgIpc) is 2.66. The van der Waals surface area contributed by atoms with Crippen LogP contribution < -0.4 is 0 Å². The SMILES string of the molecule is CCCC1CCC(C(O)Cc2c(Br)c(C)nn2C)CC1. The Morgan fingerprint density at radius 3 is 2.50 bits per heavy atom. The summed E-state index contributed by atoms with van der Waals surface area (Å²) in [5, 5.41) is 14.9. The van der Waals surface area contributed by atoms with E-state index in [0.29, 0.717) is 12.3 Å². The Bertz CT molecular complexity index is 436. The Morgan fingerprint density at radius 1 is 1.35 bits per heavy atom. The molecule has 0 saturated heterocycles. The van der Waals surface area contributed by atoms with Crippen LogP contribution in [0.1, 0.15) is 56.8 Å². The molecule has 1 atom stereocenters. The highest BCUT2D eigenvalue weighted by molar-refractivity contribution is 9.10. The molecular formula is C16H27BrN2O. The molecule has 1 aliphatic carbocycles. The van der Waals surface area contributed by atoms with Crippen LogP contribution in [0.5, 0.6) is 0 Å². The fraction of sp³-hybridized carbons (Fsp3) is 0.812. The van der Waals surface area contributed by atoms with E-state index in [2.05, 4.69) is 28.0 Å². The van der Waals surface area contributed by atoms with Crippen molar-refractivity contribution < 1.29 is 5.11 Å². The monoisotopic (exact) mass is 342 g/mol. The molecule has 1 N–H and O–H groups in total. The fourth-order valence-corrected chi connectivity index (χ4v) is 4.03. The molecule has 0 aliphatic heterocycles. The lowest BCUT2D eigenvalue weighted by Crippen LogP contribution is -2.28. The van der Waals surface area contributed by atoms with Gasteiger partial charge in [-0.25, -0.2) is 0 Å². The summed E-state index contributed by atoms with van der Waals surface area (Å²) in [6, 6.07) is 0. The Balaban J connectivity index is 1.91. The van der Waals surface area contributed by atoms with Gasteiger partial charge in [-0.2, -0.15) is 5.10 Å². The van der Waals surface area contributed by atoms with Gasteiger partial charge in [0.2, 0.25) is 0 Å². The minimum atomic E-state index is -0.233. The Kier molecular flexibility index (Phi) is 5.67. The lowest BCUT2D eigenvalue weighted by Gasteiger charge is -2.31. The molecule has 1 saturated carbocycles. The molecule has 0 spiro atoms. The van der Waals surface area contributed by atoms with E-state index in [1.54, 1.807) is 0 Å². The molecule has 0 aromatic carbocycles. The van der Waals surface area contributed by atoms with E-state index in [1.165, 1.54) is 38.5 Å². The van der Waals surface area contributed by atoms with Crippen molar-refractivity contribution in [3.8, 4) is 0 Å². The first kappa shape index (κ1) is 16.0. The van der Waals surface area contributed by atoms with Crippen molar-refractivity contribution in [3.05, 3.63) is 15.9 Å². The molecule has 1 aliphatic rings. The largest absolute Gasteiger partial charge is 0.392 e. The van der Waals surface area contributed by atoms with E-state index >= 15 is 0 Å². The summed E-state index contributed by atoms with van der Waals surface area (Å²) < 4.78 is 2.95. The van der Waals surface area contributed by atoms with E-state index in [9.17, 15) is 5.11 Å². The molecule has 1 aromatic heterocycles. The van der Waals surface area contributed by atoms with Crippen LogP contribution in [0.3, 0.4) is 0 Å². The second-order valence-electron chi connectivity index (χ2n) is 6.31. The molecule has 1 unspecified atom stereocenters. The first-order valence-electron chi connectivity index (χ1n) is 7.89. The van der Waals surface area contributed by atoms with Gasteiger partial charge in [-0.1, -0.05) is 32.6 Å². The minimum Gasteiger partial charge on any atom is -0.392 e. The van der Waals surface area contributed by atoms with Crippen LogP contribution in [0.2, 0.25) is 0 Å². The zero-order valence-corrected chi connectivity index (χ0v) is 14.5. The number of halogens is 1. The molecule has 2 rings (SSSR count). The number of rotatable bonds is 5. The van der Waals surface area contributed by atoms with Crippen LogP contribution in [0, 0.1) is 18.8 Å². The molecule has 0 radical (unpaired) electrons. The van der Waals surface area contributed by atoms with Crippen molar-refractivity contribution in [3.63, 3.8) is 0 Å². The van der Waals surface area contributed by atoms with Gasteiger partial charge in [0.1, 0.15) is 0 Å². The lowest BCUT2D eigenvalue weighted by molar-refractivity contribution is 0.0712. The van der Waals surface area contributed by atoms with Crippen LogP contribution in [-0.4, -0.2) is 21.0 Å². The first-order valence-corrected chi connectivity index (χ1v) is 8.68. The number of hydrogen-bond donors (Lipinski definition) is 1. The zero-order valence-electron chi connectivity index (χ0n) is 12.9. The Labute approximate surface area is 130 Å². The highest BCUT2D eigenvalue weighted by Gasteiger charge is 2.27. The van der Waals surface area contributed by atoms with Crippen LogP contribution >= 0.6 is 15.9 Å². The Hall–Kier alpha value is -0.350. The van der Waals surface area contributed by atoms with Crippen molar-refractivity contribution in [1.82, 2.24) is 9.78 Å². The van der Waals surface area contributed by atoms with E-state index in [4.69, 9.17) is 0 Å². The number of aryl methyl sites for hydroxylation is 2. The van der Waals surface area contributed by atoms with Crippen molar-refractivity contribution in [2.24, 2.45) is 18.9 Å². The van der Waals surface area contributed by atoms with Crippen LogP contribution in [0.15, 0.2) is 4.47 Å². The summed E-state index contributed by atoms with van der Waals surface area (Å²) in [6.45, 7) is 4.26. The average molecular weight is 343 g/mol. The van der Waals surface area contributed by atoms with Gasteiger partial charge in [0, 0.05) is 13.5 Å². The second-order valence-corrected chi connectivity index (χ2v) is 7.10. The normalized spacial score (nSPS) is 24.9. The molecule has 3 nitrogen and oxygen atoms in total. The predicted octanol–water partition coefficient (Wildman–Crippen LogP) is 4.00. The lowest BCUT2D eigenvalue weighted by atomic mass is 9.77. The van der Waals surface area contributed by atoms with Crippen molar-refractivity contribution in [1.29, 1.82) is 0 Å². The summed E-state index contributed by atoms with van der Waals surface area (Å²) in [4.78, 5) is 0. The molecule has 20 heavy (non-hydrogen) atoms. The number of aromatic nitrogens is 2. The molecule has 0 bridgehead atoms. The van der Waals surface area contributed by atoms with Gasteiger partial charge in [0.25, 0.3) is 0 Å². The fourth-order valence-electron chi connectivity index (χ4n) is 3.54. The van der Waals surface area contributed by atoms with E-state index < -0.39 is 0 Å². The van der Waals surface area contributed by atoms with Crippen LogP contribution in [-0.2, 0) is 13.5 Å². The van der Waals surface area contributed by atoms with Gasteiger partial charge >= 0.3 is 0 Å². The van der Waals surface area contributed by atoms with Crippen molar-refractivity contribution in [2.45, 2.75) is 64.9 Å². The summed E-state index contributed by atoms with van der Waals surface area (Å²) in [5.41, 5.74) is 2.12. The first-order chi connectivity index (χ1) is 9.52. The quantitative estimate of drug-likeness (QED) is 0.877. The third-order valence-electron chi connectivity index (χ3n) is 4.80.